The molecule has 2 amide bonds. The number of likely N-dealkylation sites (N-methyl/N-ethyl adjacent to an activating group) is 1. The molecule has 1 aliphatic rings. The molecule has 1 heterocycles. The van der Waals surface area contributed by atoms with E-state index >= 15 is 0 Å². The van der Waals surface area contributed by atoms with Crippen LogP contribution in [0.4, 0.5) is 17.1 Å². The normalized spacial score (nSPS) is 12.9. The van der Waals surface area contributed by atoms with Crippen molar-refractivity contribution in [2.24, 2.45) is 0 Å². The Morgan fingerprint density at radius 2 is 1.13 bits per heavy atom. The molecule has 0 spiro atoms. The highest BCUT2D eigenvalue weighted by atomic mass is 79.9. The number of piperazine rings is 1. The third kappa shape index (κ3) is 11.0. The van der Waals surface area contributed by atoms with Gasteiger partial charge in [-0.1, -0.05) is 36.4 Å². The summed E-state index contributed by atoms with van der Waals surface area (Å²) in [5, 5.41) is 23.4. The Bertz CT molecular complexity index is 1970. The molecule has 4 aromatic carbocycles. The van der Waals surface area contributed by atoms with Gasteiger partial charge in [-0.25, -0.2) is 9.59 Å². The van der Waals surface area contributed by atoms with Crippen LogP contribution < -0.4 is 25.0 Å². The van der Waals surface area contributed by atoms with Crippen molar-refractivity contribution in [3.63, 3.8) is 0 Å². The molecule has 1 fully saturated rings. The summed E-state index contributed by atoms with van der Waals surface area (Å²) < 4.78 is 11.6. The average Bonchev–Trinajstić information content (AvgIpc) is 3.14. The maximum Gasteiger partial charge on any atom is 0.337 e. The zero-order valence-corrected chi connectivity index (χ0v) is 30.4. The van der Waals surface area contributed by atoms with Crippen molar-refractivity contribution < 1.29 is 38.9 Å². The molecular formula is C39H39BrN4O8. The number of aromatic carboxylic acids is 2. The number of carbonyl (C=O) groups is 4. The average molecular weight is 772 g/mol. The van der Waals surface area contributed by atoms with E-state index in [1.165, 1.54) is 30.4 Å². The van der Waals surface area contributed by atoms with Crippen LogP contribution in [0.5, 0.6) is 11.5 Å². The van der Waals surface area contributed by atoms with Crippen LogP contribution >= 0.6 is 15.9 Å². The molecule has 0 aromatic heterocycles. The van der Waals surface area contributed by atoms with E-state index in [-0.39, 0.29) is 22.5 Å². The van der Waals surface area contributed by atoms with Crippen LogP contribution in [0, 0.1) is 0 Å². The Balaban J connectivity index is 0.000000239. The van der Waals surface area contributed by atoms with Gasteiger partial charge < -0.3 is 40.1 Å². The van der Waals surface area contributed by atoms with Gasteiger partial charge in [0.15, 0.2) is 0 Å². The van der Waals surface area contributed by atoms with Crippen LogP contribution in [-0.2, 0) is 9.59 Å². The number of hydrogen-bond donors (Lipinski definition) is 4. The summed E-state index contributed by atoms with van der Waals surface area (Å²) in [6, 6.07) is 23.8. The van der Waals surface area contributed by atoms with E-state index in [9.17, 15) is 24.3 Å². The number of nitrogens with one attached hydrogen (secondary N) is 2. The number of nitrogens with zero attached hydrogens (tertiary/aromatic N) is 2. The third-order valence-corrected chi connectivity index (χ3v) is 8.56. The molecule has 0 atom stereocenters. The molecule has 13 heteroatoms. The Morgan fingerprint density at radius 3 is 1.62 bits per heavy atom. The first kappa shape index (κ1) is 38.9. The third-order valence-electron chi connectivity index (χ3n) is 7.91. The summed E-state index contributed by atoms with van der Waals surface area (Å²) in [5.41, 5.74) is 3.25. The van der Waals surface area contributed by atoms with Gasteiger partial charge in [-0.3, -0.25) is 9.59 Å². The van der Waals surface area contributed by atoms with Crippen LogP contribution in [0.15, 0.2) is 102 Å². The van der Waals surface area contributed by atoms with Crippen LogP contribution in [0.2, 0.25) is 0 Å². The van der Waals surface area contributed by atoms with E-state index in [1.54, 1.807) is 62.8 Å². The van der Waals surface area contributed by atoms with Gasteiger partial charge in [-0.15, -0.1) is 0 Å². The van der Waals surface area contributed by atoms with Crippen molar-refractivity contribution in [2.75, 3.05) is 63.0 Å². The molecule has 1 saturated heterocycles. The quantitative estimate of drug-likeness (QED) is 0.123. The first-order chi connectivity index (χ1) is 25.0. The Hall–Kier alpha value is -5.92. The Kier molecular flexibility index (Phi) is 14.1. The van der Waals surface area contributed by atoms with E-state index < -0.39 is 23.8 Å². The first-order valence-electron chi connectivity index (χ1n) is 16.1. The van der Waals surface area contributed by atoms with Crippen LogP contribution in [0.3, 0.4) is 0 Å². The molecule has 1 aliphatic heterocycles. The lowest BCUT2D eigenvalue weighted by molar-refractivity contribution is -0.112. The van der Waals surface area contributed by atoms with Crippen LogP contribution in [-0.4, -0.2) is 86.3 Å². The smallest absolute Gasteiger partial charge is 0.337 e. The van der Waals surface area contributed by atoms with Gasteiger partial charge in [-0.2, -0.15) is 0 Å². The van der Waals surface area contributed by atoms with Crippen molar-refractivity contribution in [3.05, 3.63) is 124 Å². The molecular weight excluding hydrogens is 732 g/mol. The van der Waals surface area contributed by atoms with Crippen molar-refractivity contribution in [3.8, 4) is 11.5 Å². The van der Waals surface area contributed by atoms with Gasteiger partial charge in [0.25, 0.3) is 0 Å². The Labute approximate surface area is 310 Å². The summed E-state index contributed by atoms with van der Waals surface area (Å²) in [6.07, 6.45) is 6.01. The fourth-order valence-corrected chi connectivity index (χ4v) is 5.54. The molecule has 52 heavy (non-hydrogen) atoms. The SMILES string of the molecule is COc1cc(/C=C/C(=O)Nc2ccccc2C(=O)O)ccc1Br.COc1cc(/C=C/C(=O)Nc2ccccc2C(=O)O)ccc1N1CCN(C)CC1. The molecule has 12 nitrogen and oxygen atoms in total. The standard InChI is InChI=1S/C22H25N3O4.C17H14BrNO4/c1-24-11-13-25(14-12-24)19-9-7-16(15-20(19)29-2)8-10-21(26)23-18-6-4-3-5-17(18)22(27)28;1-23-15-10-11(6-8-13(15)18)7-9-16(20)19-14-5-3-2-4-12(14)17(21)22/h3-10,15H,11-14H2,1-2H3,(H,23,26)(H,27,28);2-10H,1H3,(H,19,20)(H,21,22)/b10-8+;9-7+. The highest BCUT2D eigenvalue weighted by molar-refractivity contribution is 9.10. The van der Waals surface area contributed by atoms with Crippen molar-refractivity contribution >= 4 is 68.9 Å². The molecule has 0 bridgehead atoms. The number of amides is 2. The fourth-order valence-electron chi connectivity index (χ4n) is 5.14. The molecule has 4 N–H and O–H groups in total. The van der Waals surface area contributed by atoms with E-state index in [0.717, 1.165) is 53.2 Å². The summed E-state index contributed by atoms with van der Waals surface area (Å²) in [4.78, 5) is 51.1. The lowest BCUT2D eigenvalue weighted by atomic mass is 10.1. The number of methoxy groups -OCH3 is 2. The minimum Gasteiger partial charge on any atom is -0.496 e. The minimum atomic E-state index is -1.09. The Morgan fingerprint density at radius 1 is 0.673 bits per heavy atom. The van der Waals surface area contributed by atoms with Crippen LogP contribution in [0.1, 0.15) is 31.8 Å². The van der Waals surface area contributed by atoms with E-state index in [4.69, 9.17) is 14.6 Å². The van der Waals surface area contributed by atoms with E-state index in [0.29, 0.717) is 5.75 Å². The second-order valence-corrected chi connectivity index (χ2v) is 12.3. The molecule has 5 rings (SSSR count). The second kappa shape index (κ2) is 18.9. The zero-order chi connectivity index (χ0) is 37.6. The van der Waals surface area contributed by atoms with Crippen molar-refractivity contribution in [1.29, 1.82) is 0 Å². The number of carbonyl (C=O) groups excluding carboxylic acids is 2. The molecule has 4 aromatic rings. The van der Waals surface area contributed by atoms with Gasteiger partial charge in [0, 0.05) is 38.3 Å². The topological polar surface area (TPSA) is 158 Å². The number of carboxylic acids is 2. The van der Waals surface area contributed by atoms with Crippen molar-refractivity contribution in [2.45, 2.75) is 0 Å². The van der Waals surface area contributed by atoms with Gasteiger partial charge in [0.1, 0.15) is 11.5 Å². The fraction of sp³-hybridized carbons (Fsp3) is 0.179. The molecule has 0 aliphatic carbocycles. The van der Waals surface area contributed by atoms with Crippen molar-refractivity contribution in [1.82, 2.24) is 4.90 Å². The maximum atomic E-state index is 12.2. The number of ether oxygens (including phenoxy) is 2. The molecule has 270 valence electrons. The van der Waals surface area contributed by atoms with Gasteiger partial charge in [-0.05, 0) is 94.8 Å². The first-order valence-corrected chi connectivity index (χ1v) is 16.9. The summed E-state index contributed by atoms with van der Waals surface area (Å²) >= 11 is 3.35. The highest BCUT2D eigenvalue weighted by Gasteiger charge is 2.18. The van der Waals surface area contributed by atoms with E-state index in [1.807, 2.05) is 30.3 Å². The number of para-hydroxylation sites is 2. The number of carboxylic acid groups (broad SMARTS) is 2. The van der Waals surface area contributed by atoms with Crippen LogP contribution in [0.25, 0.3) is 12.2 Å². The van der Waals surface area contributed by atoms with E-state index in [2.05, 4.69) is 43.4 Å². The summed E-state index contributed by atoms with van der Waals surface area (Å²) in [6.45, 7) is 3.88. The molecule has 0 radical (unpaired) electrons. The number of halogens is 1. The minimum absolute atomic E-state index is 0.0413. The maximum absolute atomic E-state index is 12.2. The lowest BCUT2D eigenvalue weighted by Gasteiger charge is -2.34. The van der Waals surface area contributed by atoms with Gasteiger partial charge in [0.05, 0.1) is 46.9 Å². The number of rotatable bonds is 11. The lowest BCUT2D eigenvalue weighted by Crippen LogP contribution is -2.44. The number of hydrogen-bond acceptors (Lipinski definition) is 8. The predicted molar refractivity (Wildman–Crippen MR) is 206 cm³/mol. The van der Waals surface area contributed by atoms with Gasteiger partial charge >= 0.3 is 11.9 Å². The molecule has 0 saturated carbocycles. The predicted octanol–water partition coefficient (Wildman–Crippen LogP) is 6.60. The second-order valence-electron chi connectivity index (χ2n) is 11.5. The number of benzene rings is 4. The largest absolute Gasteiger partial charge is 0.496 e. The molecule has 0 unspecified atom stereocenters. The summed E-state index contributed by atoms with van der Waals surface area (Å²) in [7, 11) is 5.31. The zero-order valence-electron chi connectivity index (χ0n) is 28.8. The monoisotopic (exact) mass is 770 g/mol. The summed E-state index contributed by atoms with van der Waals surface area (Å²) in [5.74, 6) is -1.59. The number of anilines is 3. The highest BCUT2D eigenvalue weighted by Crippen LogP contribution is 2.31. The van der Waals surface area contributed by atoms with Gasteiger partial charge in [0.2, 0.25) is 11.8 Å².